The maximum atomic E-state index is 12.8. The van der Waals surface area contributed by atoms with Crippen LogP contribution in [0.25, 0.3) is 0 Å². The molecule has 0 spiro atoms. The van der Waals surface area contributed by atoms with Crippen LogP contribution in [-0.2, 0) is 13.6 Å². The number of amides is 2. The van der Waals surface area contributed by atoms with Gasteiger partial charge in [0.05, 0.1) is 31.5 Å². The largest absolute Gasteiger partial charge is 0.487 e. The fraction of sp³-hybridized carbons (Fsp3) is 0.375. The monoisotopic (exact) mass is 350 g/mol. The van der Waals surface area contributed by atoms with Crippen LogP contribution in [-0.4, -0.2) is 45.9 Å². The van der Waals surface area contributed by atoms with E-state index in [1.165, 1.54) is 12.1 Å². The molecule has 2 aromatic rings. The van der Waals surface area contributed by atoms with Crippen LogP contribution in [0.4, 0.5) is 9.18 Å². The summed E-state index contributed by atoms with van der Waals surface area (Å²) < 4.78 is 20.5. The molecule has 0 aliphatic carbocycles. The average Bonchev–Trinajstić information content (AvgIpc) is 2.90. The number of carbonyl (C=O) groups is 1. The molecule has 8 heteroatoms. The maximum Gasteiger partial charge on any atom is 0.317 e. The second-order valence-electron chi connectivity index (χ2n) is 5.55. The Morgan fingerprint density at radius 3 is 2.75 bits per heavy atom. The molecule has 1 N–H and O–H groups in total. The number of carbonyl (C=O) groups excluding carboxylic acids is 1. The number of benzene rings is 1. The summed E-state index contributed by atoms with van der Waals surface area (Å²) in [4.78, 5) is 18.1. The molecule has 6 nitrogen and oxygen atoms in total. The Hall–Kier alpha value is -2.22. The van der Waals surface area contributed by atoms with Crippen molar-refractivity contribution < 1.29 is 13.9 Å². The summed E-state index contributed by atoms with van der Waals surface area (Å²) in [5, 5.41) is 3.80. The first-order valence-electron chi connectivity index (χ1n) is 7.56. The minimum Gasteiger partial charge on any atom is -0.487 e. The van der Waals surface area contributed by atoms with E-state index in [0.29, 0.717) is 25.4 Å². The number of hydrogen-bond acceptors (Lipinski definition) is 4. The first-order valence-corrected chi connectivity index (χ1v) is 8.79. The number of urea groups is 1. The fourth-order valence-corrected chi connectivity index (χ4v) is 2.99. The van der Waals surface area contributed by atoms with E-state index in [-0.39, 0.29) is 18.0 Å². The van der Waals surface area contributed by atoms with Crippen LogP contribution in [0, 0.1) is 5.82 Å². The van der Waals surface area contributed by atoms with Gasteiger partial charge >= 0.3 is 6.03 Å². The summed E-state index contributed by atoms with van der Waals surface area (Å²) in [5.74, 6) is 0.317. The fourth-order valence-electron chi connectivity index (χ4n) is 2.44. The van der Waals surface area contributed by atoms with Crippen LogP contribution in [0.15, 0.2) is 35.6 Å². The summed E-state index contributed by atoms with van der Waals surface area (Å²) in [6, 6.07) is 5.76. The van der Waals surface area contributed by atoms with Crippen molar-refractivity contribution in [3.05, 3.63) is 42.0 Å². The van der Waals surface area contributed by atoms with Gasteiger partial charge in [-0.15, -0.1) is 0 Å². The Kier molecular flexibility index (Phi) is 4.94. The summed E-state index contributed by atoms with van der Waals surface area (Å²) in [6.45, 7) is 1.47. The molecule has 1 aromatic heterocycles. The molecule has 3 rings (SSSR count). The first kappa shape index (κ1) is 16.6. The van der Waals surface area contributed by atoms with Crippen molar-refractivity contribution in [2.75, 3.05) is 19.3 Å². The van der Waals surface area contributed by atoms with Crippen molar-refractivity contribution in [3.8, 4) is 5.75 Å². The van der Waals surface area contributed by atoms with E-state index in [2.05, 4.69) is 10.3 Å². The molecule has 2 amide bonds. The zero-order chi connectivity index (χ0) is 17.1. The molecule has 0 radical (unpaired) electrons. The lowest BCUT2D eigenvalue weighted by Crippen LogP contribution is -2.58. The van der Waals surface area contributed by atoms with Crippen LogP contribution in [0.2, 0.25) is 0 Å². The van der Waals surface area contributed by atoms with E-state index in [1.54, 1.807) is 35.0 Å². The molecule has 0 saturated carbocycles. The van der Waals surface area contributed by atoms with Gasteiger partial charge in [-0.05, 0) is 30.5 Å². The lowest BCUT2D eigenvalue weighted by molar-refractivity contribution is 0.0442. The van der Waals surface area contributed by atoms with E-state index in [4.69, 9.17) is 4.74 Å². The molecule has 2 heterocycles. The molecule has 1 aliphatic heterocycles. The summed E-state index contributed by atoms with van der Waals surface area (Å²) in [6.07, 6.45) is 3.68. The zero-order valence-corrected chi connectivity index (χ0v) is 14.3. The van der Waals surface area contributed by atoms with E-state index in [1.807, 2.05) is 17.9 Å². The van der Waals surface area contributed by atoms with Gasteiger partial charge in [0.2, 0.25) is 0 Å². The highest BCUT2D eigenvalue weighted by atomic mass is 32.2. The summed E-state index contributed by atoms with van der Waals surface area (Å²) >= 11 is 1.56. The van der Waals surface area contributed by atoms with E-state index in [9.17, 15) is 9.18 Å². The predicted molar refractivity (Wildman–Crippen MR) is 89.6 cm³/mol. The van der Waals surface area contributed by atoms with E-state index < -0.39 is 0 Å². The molecule has 1 fully saturated rings. The van der Waals surface area contributed by atoms with Gasteiger partial charge in [-0.25, -0.2) is 14.2 Å². The highest BCUT2D eigenvalue weighted by Crippen LogP contribution is 2.19. The lowest BCUT2D eigenvalue weighted by atomic mass is 10.2. The number of thioether (sulfide) groups is 1. The molecular weight excluding hydrogens is 331 g/mol. The Morgan fingerprint density at radius 2 is 2.12 bits per heavy atom. The molecule has 24 heavy (non-hydrogen) atoms. The van der Waals surface area contributed by atoms with Gasteiger partial charge in [-0.1, -0.05) is 11.8 Å². The van der Waals surface area contributed by atoms with Gasteiger partial charge in [0.15, 0.2) is 5.16 Å². The standard InChI is InChI=1S/C16H19FN4O2S/c1-20-12(8-19-16(20)24-2)7-18-15(22)21-9-14(10-21)23-13-5-3-11(17)4-6-13/h3-6,8,14H,7,9-10H2,1-2H3,(H,18,22). The number of halogens is 1. The van der Waals surface area contributed by atoms with Gasteiger partial charge < -0.3 is 19.5 Å². The SMILES string of the molecule is CSc1ncc(CNC(=O)N2CC(Oc3ccc(F)cc3)C2)n1C. The normalized spacial score (nSPS) is 14.4. The number of ether oxygens (including phenoxy) is 1. The molecule has 0 bridgehead atoms. The highest BCUT2D eigenvalue weighted by Gasteiger charge is 2.32. The van der Waals surface area contributed by atoms with Crippen molar-refractivity contribution in [1.82, 2.24) is 19.8 Å². The molecule has 128 valence electrons. The lowest BCUT2D eigenvalue weighted by Gasteiger charge is -2.38. The Labute approximate surface area is 144 Å². The quantitative estimate of drug-likeness (QED) is 0.841. The smallest absolute Gasteiger partial charge is 0.317 e. The third-order valence-corrected chi connectivity index (χ3v) is 4.64. The first-order chi connectivity index (χ1) is 11.6. The number of likely N-dealkylation sites (tertiary alicyclic amines) is 1. The summed E-state index contributed by atoms with van der Waals surface area (Å²) in [7, 11) is 1.93. The van der Waals surface area contributed by atoms with Crippen LogP contribution < -0.4 is 10.1 Å². The van der Waals surface area contributed by atoms with Crippen molar-refractivity contribution in [3.63, 3.8) is 0 Å². The van der Waals surface area contributed by atoms with Crippen LogP contribution in [0.1, 0.15) is 5.69 Å². The van der Waals surface area contributed by atoms with Crippen molar-refractivity contribution >= 4 is 17.8 Å². The van der Waals surface area contributed by atoms with Crippen molar-refractivity contribution in [2.24, 2.45) is 7.05 Å². The molecule has 0 atom stereocenters. The van der Waals surface area contributed by atoms with E-state index in [0.717, 1.165) is 10.9 Å². The third-order valence-electron chi connectivity index (χ3n) is 3.90. The summed E-state index contributed by atoms with van der Waals surface area (Å²) in [5.41, 5.74) is 0.951. The maximum absolute atomic E-state index is 12.8. The van der Waals surface area contributed by atoms with Crippen molar-refractivity contribution in [2.45, 2.75) is 17.8 Å². The molecular formula is C16H19FN4O2S. The number of nitrogens with zero attached hydrogens (tertiary/aromatic N) is 3. The molecule has 1 aromatic carbocycles. The second-order valence-corrected chi connectivity index (χ2v) is 6.33. The second kappa shape index (κ2) is 7.12. The van der Waals surface area contributed by atoms with E-state index >= 15 is 0 Å². The van der Waals surface area contributed by atoms with Gasteiger partial charge in [-0.2, -0.15) is 0 Å². The highest BCUT2D eigenvalue weighted by molar-refractivity contribution is 7.98. The Morgan fingerprint density at radius 1 is 1.42 bits per heavy atom. The van der Waals surface area contributed by atoms with Crippen molar-refractivity contribution in [1.29, 1.82) is 0 Å². The number of rotatable bonds is 5. The predicted octanol–water partition coefficient (Wildman–Crippen LogP) is 2.25. The van der Waals surface area contributed by atoms with Gasteiger partial charge in [0.25, 0.3) is 0 Å². The number of hydrogen-bond donors (Lipinski definition) is 1. The van der Waals surface area contributed by atoms with Gasteiger partial charge in [0.1, 0.15) is 17.7 Å². The number of aromatic nitrogens is 2. The molecule has 1 aliphatic rings. The minimum atomic E-state index is -0.295. The topological polar surface area (TPSA) is 59.4 Å². The number of nitrogens with one attached hydrogen (secondary N) is 1. The molecule has 1 saturated heterocycles. The Balaban J connectivity index is 1.43. The number of imidazole rings is 1. The molecule has 0 unspecified atom stereocenters. The van der Waals surface area contributed by atoms with Crippen LogP contribution in [0.3, 0.4) is 0 Å². The minimum absolute atomic E-state index is 0.0546. The third kappa shape index (κ3) is 3.64. The van der Waals surface area contributed by atoms with Gasteiger partial charge in [0, 0.05) is 7.05 Å². The van der Waals surface area contributed by atoms with Crippen LogP contribution >= 0.6 is 11.8 Å². The zero-order valence-electron chi connectivity index (χ0n) is 13.5. The average molecular weight is 350 g/mol. The van der Waals surface area contributed by atoms with Crippen LogP contribution in [0.5, 0.6) is 5.75 Å². The Bertz CT molecular complexity index is 713. The van der Waals surface area contributed by atoms with Gasteiger partial charge in [-0.3, -0.25) is 0 Å².